The van der Waals surface area contributed by atoms with Gasteiger partial charge in [0.2, 0.25) is 0 Å². The lowest BCUT2D eigenvalue weighted by molar-refractivity contribution is 0.183. The zero-order valence-electron chi connectivity index (χ0n) is 11.9. The van der Waals surface area contributed by atoms with Crippen LogP contribution in [0.3, 0.4) is 0 Å². The minimum atomic E-state index is 0.581. The molecule has 0 amide bonds. The van der Waals surface area contributed by atoms with E-state index in [1.54, 1.807) is 0 Å². The van der Waals surface area contributed by atoms with Crippen molar-refractivity contribution in [3.8, 4) is 0 Å². The second-order valence-electron chi connectivity index (χ2n) is 7.17. The van der Waals surface area contributed by atoms with Gasteiger partial charge >= 0.3 is 0 Å². The van der Waals surface area contributed by atoms with Gasteiger partial charge in [-0.25, -0.2) is 0 Å². The molecule has 0 heterocycles. The maximum absolute atomic E-state index is 3.98. The molecule has 100 valence electrons. The Morgan fingerprint density at radius 1 is 0.765 bits per heavy atom. The van der Waals surface area contributed by atoms with Gasteiger partial charge in [-0.3, -0.25) is 0 Å². The Balaban J connectivity index is 1.78. The zero-order chi connectivity index (χ0) is 12.1. The van der Waals surface area contributed by atoms with Crippen molar-refractivity contribution in [2.24, 2.45) is 5.41 Å². The van der Waals surface area contributed by atoms with Gasteiger partial charge in [0.25, 0.3) is 0 Å². The van der Waals surface area contributed by atoms with Crippen LogP contribution < -0.4 is 5.32 Å². The van der Waals surface area contributed by atoms with Crippen LogP contribution in [0.25, 0.3) is 0 Å². The van der Waals surface area contributed by atoms with Gasteiger partial charge in [-0.15, -0.1) is 0 Å². The van der Waals surface area contributed by atoms with Crippen LogP contribution in [0.5, 0.6) is 0 Å². The molecule has 0 radical (unpaired) electrons. The van der Waals surface area contributed by atoms with Crippen LogP contribution in [0, 0.1) is 5.41 Å². The summed E-state index contributed by atoms with van der Waals surface area (Å²) in [6.07, 6.45) is 15.8. The van der Waals surface area contributed by atoms with E-state index in [1.165, 1.54) is 70.6 Å². The molecule has 0 spiro atoms. The van der Waals surface area contributed by atoms with Crippen molar-refractivity contribution in [1.82, 2.24) is 5.32 Å². The van der Waals surface area contributed by atoms with Crippen LogP contribution in [-0.2, 0) is 0 Å². The summed E-state index contributed by atoms with van der Waals surface area (Å²) in [5.41, 5.74) is 0.581. The molecule has 0 aromatic heterocycles. The van der Waals surface area contributed by atoms with Gasteiger partial charge in [0.05, 0.1) is 0 Å². The average molecular weight is 237 g/mol. The molecule has 0 bridgehead atoms. The number of hydrogen-bond acceptors (Lipinski definition) is 1. The number of hydrogen-bond donors (Lipinski definition) is 1. The van der Waals surface area contributed by atoms with Crippen LogP contribution in [0.15, 0.2) is 0 Å². The fourth-order valence-corrected chi connectivity index (χ4v) is 3.80. The third-order valence-corrected chi connectivity index (χ3v) is 4.78. The third-order valence-electron chi connectivity index (χ3n) is 4.78. The molecule has 0 aromatic rings. The van der Waals surface area contributed by atoms with Crippen LogP contribution in [-0.4, -0.2) is 12.1 Å². The van der Waals surface area contributed by atoms with E-state index in [-0.39, 0.29) is 0 Å². The number of rotatable bonds is 2. The normalized spacial score (nSPS) is 31.8. The van der Waals surface area contributed by atoms with Crippen molar-refractivity contribution in [2.45, 2.75) is 96.6 Å². The Hall–Kier alpha value is -0.0400. The van der Waals surface area contributed by atoms with E-state index in [0.29, 0.717) is 5.41 Å². The summed E-state index contributed by atoms with van der Waals surface area (Å²) in [5, 5.41) is 3.98. The molecular weight excluding hydrogens is 206 g/mol. The molecule has 2 fully saturated rings. The molecule has 1 atom stereocenters. The topological polar surface area (TPSA) is 12.0 Å². The first kappa shape index (κ1) is 13.4. The Bertz CT molecular complexity index is 214. The predicted octanol–water partition coefficient (Wildman–Crippen LogP) is 4.66. The maximum atomic E-state index is 3.98. The van der Waals surface area contributed by atoms with E-state index in [4.69, 9.17) is 0 Å². The Morgan fingerprint density at radius 2 is 1.35 bits per heavy atom. The second-order valence-corrected chi connectivity index (χ2v) is 7.17. The van der Waals surface area contributed by atoms with E-state index in [0.717, 1.165) is 12.1 Å². The first-order chi connectivity index (χ1) is 8.16. The van der Waals surface area contributed by atoms with Gasteiger partial charge < -0.3 is 5.32 Å². The highest BCUT2D eigenvalue weighted by molar-refractivity contribution is 4.85. The van der Waals surface area contributed by atoms with Gasteiger partial charge in [-0.05, 0) is 37.5 Å². The highest BCUT2D eigenvalue weighted by Crippen LogP contribution is 2.35. The molecule has 2 aliphatic rings. The van der Waals surface area contributed by atoms with E-state index >= 15 is 0 Å². The van der Waals surface area contributed by atoms with Crippen molar-refractivity contribution in [3.05, 3.63) is 0 Å². The van der Waals surface area contributed by atoms with E-state index in [2.05, 4.69) is 19.2 Å². The molecule has 0 saturated heterocycles. The molecule has 0 aromatic carbocycles. The lowest BCUT2D eigenvalue weighted by Crippen LogP contribution is -2.43. The summed E-state index contributed by atoms with van der Waals surface area (Å²) in [4.78, 5) is 0. The molecule has 1 unspecified atom stereocenters. The summed E-state index contributed by atoms with van der Waals surface area (Å²) in [7, 11) is 0. The summed E-state index contributed by atoms with van der Waals surface area (Å²) in [6.45, 7) is 4.89. The molecule has 2 rings (SSSR count). The third kappa shape index (κ3) is 4.62. The van der Waals surface area contributed by atoms with E-state index in [9.17, 15) is 0 Å². The molecule has 2 aliphatic carbocycles. The quantitative estimate of drug-likeness (QED) is 0.736. The summed E-state index contributed by atoms with van der Waals surface area (Å²) in [5.74, 6) is 0. The zero-order valence-corrected chi connectivity index (χ0v) is 11.9. The second kappa shape index (κ2) is 6.22. The molecule has 2 saturated carbocycles. The summed E-state index contributed by atoms with van der Waals surface area (Å²) >= 11 is 0. The fourth-order valence-electron chi connectivity index (χ4n) is 3.80. The van der Waals surface area contributed by atoms with Crippen LogP contribution >= 0.6 is 0 Å². The van der Waals surface area contributed by atoms with Crippen molar-refractivity contribution in [1.29, 1.82) is 0 Å². The minimum absolute atomic E-state index is 0.581. The van der Waals surface area contributed by atoms with Gasteiger partial charge in [0, 0.05) is 12.1 Å². The lowest BCUT2D eigenvalue weighted by Gasteiger charge is -2.38. The van der Waals surface area contributed by atoms with Gasteiger partial charge in [-0.2, -0.15) is 0 Å². The smallest absolute Gasteiger partial charge is 0.00747 e. The van der Waals surface area contributed by atoms with Crippen LogP contribution in [0.4, 0.5) is 0 Å². The molecule has 0 aliphatic heterocycles. The monoisotopic (exact) mass is 237 g/mol. The van der Waals surface area contributed by atoms with Crippen molar-refractivity contribution in [3.63, 3.8) is 0 Å². The van der Waals surface area contributed by atoms with Crippen LogP contribution in [0.1, 0.15) is 84.5 Å². The minimum Gasteiger partial charge on any atom is -0.311 e. The molecule has 1 N–H and O–H groups in total. The fraction of sp³-hybridized carbons (Fsp3) is 1.00. The number of nitrogens with one attached hydrogen (secondary N) is 1. The highest BCUT2D eigenvalue weighted by atomic mass is 15.0. The van der Waals surface area contributed by atoms with Crippen molar-refractivity contribution in [2.75, 3.05) is 0 Å². The van der Waals surface area contributed by atoms with E-state index in [1.807, 2.05) is 0 Å². The summed E-state index contributed by atoms with van der Waals surface area (Å²) in [6, 6.07) is 1.64. The Labute approximate surface area is 108 Å². The summed E-state index contributed by atoms with van der Waals surface area (Å²) < 4.78 is 0. The molecule has 1 heteroatoms. The standard InChI is InChI=1S/C16H31N/c1-16(2)12-8-11-15(13-16)17-14-9-6-4-3-5-7-10-14/h14-15,17H,3-13H2,1-2H3. The Kier molecular flexibility index (Phi) is 4.90. The lowest BCUT2D eigenvalue weighted by atomic mass is 9.75. The first-order valence-electron chi connectivity index (χ1n) is 7.92. The first-order valence-corrected chi connectivity index (χ1v) is 7.92. The Morgan fingerprint density at radius 3 is 2.00 bits per heavy atom. The molecule has 17 heavy (non-hydrogen) atoms. The van der Waals surface area contributed by atoms with Crippen molar-refractivity contribution >= 4 is 0 Å². The van der Waals surface area contributed by atoms with Crippen LogP contribution in [0.2, 0.25) is 0 Å². The van der Waals surface area contributed by atoms with Gasteiger partial charge in [0.15, 0.2) is 0 Å². The SMILES string of the molecule is CC1(C)CCCC(NC2CCCCCCC2)C1. The molecular formula is C16H31N. The van der Waals surface area contributed by atoms with Gasteiger partial charge in [0.1, 0.15) is 0 Å². The van der Waals surface area contributed by atoms with Gasteiger partial charge in [-0.1, -0.05) is 52.4 Å². The highest BCUT2D eigenvalue weighted by Gasteiger charge is 2.28. The predicted molar refractivity (Wildman–Crippen MR) is 75.3 cm³/mol. The average Bonchev–Trinajstić information content (AvgIpc) is 2.20. The molecule has 1 nitrogen and oxygen atoms in total. The largest absolute Gasteiger partial charge is 0.311 e. The maximum Gasteiger partial charge on any atom is 0.00747 e. The van der Waals surface area contributed by atoms with Crippen molar-refractivity contribution < 1.29 is 0 Å². The van der Waals surface area contributed by atoms with E-state index < -0.39 is 0 Å².